The van der Waals surface area contributed by atoms with E-state index in [9.17, 15) is 9.59 Å². The van der Waals surface area contributed by atoms with Crippen LogP contribution in [0.4, 0.5) is 5.95 Å². The maximum Gasteiger partial charge on any atom is 0.253 e. The van der Waals surface area contributed by atoms with E-state index in [1.807, 2.05) is 56.4 Å². The number of aromatic nitrogens is 3. The molecule has 1 fully saturated rings. The Morgan fingerprint density at radius 3 is 2.68 bits per heavy atom. The predicted molar refractivity (Wildman–Crippen MR) is 106 cm³/mol. The highest BCUT2D eigenvalue weighted by atomic mass is 16.2. The third-order valence-electron chi connectivity index (χ3n) is 5.10. The van der Waals surface area contributed by atoms with Crippen LogP contribution in [0, 0.1) is 19.8 Å². The maximum atomic E-state index is 12.9. The summed E-state index contributed by atoms with van der Waals surface area (Å²) < 4.78 is 1.74. The molecule has 1 aliphatic rings. The van der Waals surface area contributed by atoms with Crippen LogP contribution in [0.5, 0.6) is 0 Å². The van der Waals surface area contributed by atoms with E-state index in [0.29, 0.717) is 30.2 Å². The number of aryl methyl sites for hydroxylation is 2. The molecule has 3 aromatic rings. The number of pyridine rings is 1. The molecule has 7 heteroatoms. The Kier molecular flexibility index (Phi) is 4.81. The van der Waals surface area contributed by atoms with Crippen LogP contribution in [-0.2, 0) is 4.79 Å². The summed E-state index contributed by atoms with van der Waals surface area (Å²) >= 11 is 0. The lowest BCUT2D eigenvalue weighted by Crippen LogP contribution is -2.44. The van der Waals surface area contributed by atoms with E-state index in [4.69, 9.17) is 0 Å². The summed E-state index contributed by atoms with van der Waals surface area (Å²) in [5.74, 6) is -0.00803. The van der Waals surface area contributed by atoms with Crippen molar-refractivity contribution in [2.24, 2.45) is 5.92 Å². The Labute approximate surface area is 163 Å². The van der Waals surface area contributed by atoms with E-state index >= 15 is 0 Å². The van der Waals surface area contributed by atoms with Crippen molar-refractivity contribution in [2.75, 3.05) is 18.4 Å². The normalized spacial score (nSPS) is 16.9. The number of amides is 2. The molecule has 144 valence electrons. The highest BCUT2D eigenvalue weighted by Crippen LogP contribution is 2.21. The Hall–Kier alpha value is -3.22. The van der Waals surface area contributed by atoms with Gasteiger partial charge in [-0.15, -0.1) is 10.2 Å². The highest BCUT2D eigenvalue weighted by molar-refractivity contribution is 5.96. The van der Waals surface area contributed by atoms with Crippen LogP contribution in [0.3, 0.4) is 0 Å². The van der Waals surface area contributed by atoms with Crippen molar-refractivity contribution in [1.29, 1.82) is 0 Å². The van der Waals surface area contributed by atoms with Gasteiger partial charge in [0.15, 0.2) is 5.65 Å². The molecule has 0 spiro atoms. The minimum atomic E-state index is -0.264. The first-order valence-electron chi connectivity index (χ1n) is 9.49. The Balaban J connectivity index is 1.47. The molecule has 0 unspecified atom stereocenters. The van der Waals surface area contributed by atoms with E-state index in [1.54, 1.807) is 9.30 Å². The minimum Gasteiger partial charge on any atom is -0.338 e. The fourth-order valence-corrected chi connectivity index (χ4v) is 3.80. The second kappa shape index (κ2) is 7.42. The van der Waals surface area contributed by atoms with E-state index in [0.717, 1.165) is 24.0 Å². The highest BCUT2D eigenvalue weighted by Gasteiger charge is 2.29. The Bertz CT molecular complexity index is 1020. The number of carbonyl (C=O) groups excluding carboxylic acids is 2. The first-order valence-corrected chi connectivity index (χ1v) is 9.49. The molecule has 7 nitrogen and oxygen atoms in total. The third-order valence-corrected chi connectivity index (χ3v) is 5.10. The Morgan fingerprint density at radius 2 is 1.89 bits per heavy atom. The topological polar surface area (TPSA) is 79.6 Å². The number of piperidine rings is 1. The van der Waals surface area contributed by atoms with Gasteiger partial charge < -0.3 is 4.90 Å². The minimum absolute atomic E-state index is 0.0165. The molecule has 1 atom stereocenters. The number of hydrogen-bond acceptors (Lipinski definition) is 4. The molecule has 0 bridgehead atoms. The SMILES string of the molecule is Cc1cc(C)cc(C(=O)N2CCC[C@H](C(=O)Nc3nnc4ccccn34)C2)c1. The van der Waals surface area contributed by atoms with Crippen LogP contribution in [0.25, 0.3) is 5.65 Å². The summed E-state index contributed by atoms with van der Waals surface area (Å²) in [4.78, 5) is 27.5. The van der Waals surface area contributed by atoms with Crippen molar-refractivity contribution in [1.82, 2.24) is 19.5 Å². The summed E-state index contributed by atoms with van der Waals surface area (Å²) in [5, 5.41) is 11.0. The summed E-state index contributed by atoms with van der Waals surface area (Å²) in [7, 11) is 0. The van der Waals surface area contributed by atoms with Crippen LogP contribution in [0.2, 0.25) is 0 Å². The van der Waals surface area contributed by atoms with Gasteiger partial charge in [0.25, 0.3) is 5.91 Å². The third kappa shape index (κ3) is 3.60. The lowest BCUT2D eigenvalue weighted by Gasteiger charge is -2.32. The number of carbonyl (C=O) groups is 2. The lowest BCUT2D eigenvalue weighted by atomic mass is 9.96. The molecule has 0 radical (unpaired) electrons. The molecular weight excluding hydrogens is 354 g/mol. The van der Waals surface area contributed by atoms with Gasteiger partial charge in [-0.3, -0.25) is 19.3 Å². The zero-order chi connectivity index (χ0) is 19.7. The molecule has 3 heterocycles. The van der Waals surface area contributed by atoms with Gasteiger partial charge in [0.2, 0.25) is 11.9 Å². The van der Waals surface area contributed by atoms with E-state index in [1.165, 1.54) is 0 Å². The van der Waals surface area contributed by atoms with Gasteiger partial charge in [-0.1, -0.05) is 23.3 Å². The van der Waals surface area contributed by atoms with Crippen LogP contribution in [0.15, 0.2) is 42.6 Å². The number of benzene rings is 1. The fraction of sp³-hybridized carbons (Fsp3) is 0.333. The average molecular weight is 377 g/mol. The van der Waals surface area contributed by atoms with Gasteiger partial charge in [0, 0.05) is 24.8 Å². The van der Waals surface area contributed by atoms with Crippen molar-refractivity contribution in [3.8, 4) is 0 Å². The van der Waals surface area contributed by atoms with Crippen molar-refractivity contribution < 1.29 is 9.59 Å². The largest absolute Gasteiger partial charge is 0.338 e. The number of likely N-dealkylation sites (tertiary alicyclic amines) is 1. The van der Waals surface area contributed by atoms with Gasteiger partial charge in [-0.05, 0) is 51.0 Å². The molecule has 1 aromatic carbocycles. The van der Waals surface area contributed by atoms with Gasteiger partial charge in [-0.25, -0.2) is 0 Å². The molecular formula is C21H23N5O2. The fourth-order valence-electron chi connectivity index (χ4n) is 3.80. The van der Waals surface area contributed by atoms with Crippen LogP contribution in [0.1, 0.15) is 34.3 Å². The number of nitrogens with one attached hydrogen (secondary N) is 1. The maximum absolute atomic E-state index is 12.9. The summed E-state index contributed by atoms with van der Waals surface area (Å²) in [6.45, 7) is 5.05. The number of anilines is 1. The number of rotatable bonds is 3. The zero-order valence-electron chi connectivity index (χ0n) is 16.1. The molecule has 2 aromatic heterocycles. The van der Waals surface area contributed by atoms with Crippen molar-refractivity contribution >= 4 is 23.4 Å². The molecule has 1 saturated heterocycles. The molecule has 0 saturated carbocycles. The van der Waals surface area contributed by atoms with Gasteiger partial charge in [0.05, 0.1) is 5.92 Å². The molecule has 1 aliphatic heterocycles. The smallest absolute Gasteiger partial charge is 0.253 e. The molecule has 4 rings (SSSR count). The average Bonchev–Trinajstić information content (AvgIpc) is 3.10. The predicted octanol–water partition coefficient (Wildman–Crippen LogP) is 2.84. The molecule has 1 N–H and O–H groups in total. The second-order valence-corrected chi connectivity index (χ2v) is 7.41. The van der Waals surface area contributed by atoms with Crippen molar-refractivity contribution in [3.05, 3.63) is 59.3 Å². The summed E-state index contributed by atoms with van der Waals surface area (Å²) in [6, 6.07) is 11.4. The zero-order valence-corrected chi connectivity index (χ0v) is 16.1. The summed E-state index contributed by atoms with van der Waals surface area (Å²) in [6.07, 6.45) is 3.36. The van der Waals surface area contributed by atoms with Gasteiger partial charge >= 0.3 is 0 Å². The molecule has 2 amide bonds. The van der Waals surface area contributed by atoms with Crippen molar-refractivity contribution in [3.63, 3.8) is 0 Å². The van der Waals surface area contributed by atoms with E-state index in [2.05, 4.69) is 15.5 Å². The van der Waals surface area contributed by atoms with Gasteiger partial charge in [0.1, 0.15) is 0 Å². The van der Waals surface area contributed by atoms with Crippen LogP contribution >= 0.6 is 0 Å². The van der Waals surface area contributed by atoms with Crippen LogP contribution in [-0.4, -0.2) is 44.4 Å². The monoisotopic (exact) mass is 377 g/mol. The second-order valence-electron chi connectivity index (χ2n) is 7.41. The summed E-state index contributed by atoms with van der Waals surface area (Å²) in [5.41, 5.74) is 3.48. The molecule has 28 heavy (non-hydrogen) atoms. The van der Waals surface area contributed by atoms with Crippen molar-refractivity contribution in [2.45, 2.75) is 26.7 Å². The first-order chi connectivity index (χ1) is 13.5. The number of nitrogens with zero attached hydrogens (tertiary/aromatic N) is 4. The lowest BCUT2D eigenvalue weighted by molar-refractivity contribution is -0.121. The van der Waals surface area contributed by atoms with E-state index < -0.39 is 0 Å². The number of fused-ring (bicyclic) bond motifs is 1. The van der Waals surface area contributed by atoms with Crippen LogP contribution < -0.4 is 5.32 Å². The first kappa shape index (κ1) is 18.2. The number of hydrogen-bond donors (Lipinski definition) is 1. The standard InChI is InChI=1S/C21H23N5O2/c1-14-10-15(2)12-17(11-14)20(28)25-8-5-6-16(13-25)19(27)22-21-24-23-18-7-3-4-9-26(18)21/h3-4,7,9-12,16H,5-6,8,13H2,1-2H3,(H,22,24,27)/t16-/m0/s1. The Morgan fingerprint density at radius 1 is 1.11 bits per heavy atom. The quantitative estimate of drug-likeness (QED) is 0.761. The van der Waals surface area contributed by atoms with Gasteiger partial charge in [-0.2, -0.15) is 0 Å². The van der Waals surface area contributed by atoms with E-state index in [-0.39, 0.29) is 17.7 Å². The molecule has 0 aliphatic carbocycles.